The summed E-state index contributed by atoms with van der Waals surface area (Å²) >= 11 is 0. The Morgan fingerprint density at radius 3 is 2.89 bits per heavy atom. The molecular formula is C12H13F2N3O. The van der Waals surface area contributed by atoms with Crippen LogP contribution in [-0.2, 0) is 13.0 Å². The number of hydrogen-bond acceptors (Lipinski definition) is 3. The smallest absolute Gasteiger partial charge is 0.162 e. The maximum absolute atomic E-state index is 13.3. The van der Waals surface area contributed by atoms with Crippen LogP contribution in [0.3, 0.4) is 0 Å². The number of aliphatic hydroxyl groups excluding tert-OH is 1. The molecule has 6 heteroatoms. The molecule has 1 N–H and O–H groups in total. The van der Waals surface area contributed by atoms with Crippen molar-refractivity contribution in [1.82, 2.24) is 14.8 Å². The molecule has 96 valence electrons. The van der Waals surface area contributed by atoms with E-state index in [2.05, 4.69) is 10.1 Å². The molecular weight excluding hydrogens is 240 g/mol. The quantitative estimate of drug-likeness (QED) is 0.879. The van der Waals surface area contributed by atoms with Crippen molar-refractivity contribution in [3.63, 3.8) is 0 Å². The lowest BCUT2D eigenvalue weighted by Gasteiger charge is -2.10. The first-order chi connectivity index (χ1) is 8.66. The normalized spacial score (nSPS) is 12.6. The van der Waals surface area contributed by atoms with Crippen LogP contribution >= 0.6 is 0 Å². The van der Waals surface area contributed by atoms with E-state index in [9.17, 15) is 13.9 Å². The molecule has 1 aromatic heterocycles. The van der Waals surface area contributed by atoms with Gasteiger partial charge >= 0.3 is 0 Å². The second-order valence-corrected chi connectivity index (χ2v) is 4.02. The lowest BCUT2D eigenvalue weighted by molar-refractivity contribution is 0.139. The van der Waals surface area contributed by atoms with Gasteiger partial charge in [0.05, 0.1) is 12.6 Å². The van der Waals surface area contributed by atoms with Gasteiger partial charge in [0, 0.05) is 0 Å². The first-order valence-electron chi connectivity index (χ1n) is 5.60. The summed E-state index contributed by atoms with van der Waals surface area (Å²) in [5, 5.41) is 13.6. The third-order valence-electron chi connectivity index (χ3n) is 2.64. The van der Waals surface area contributed by atoms with Crippen LogP contribution < -0.4 is 0 Å². The molecule has 1 atom stereocenters. The number of hydrogen-bond donors (Lipinski definition) is 1. The van der Waals surface area contributed by atoms with Gasteiger partial charge in [0.25, 0.3) is 0 Å². The third kappa shape index (κ3) is 3.10. The van der Waals surface area contributed by atoms with Crippen LogP contribution in [0.2, 0.25) is 0 Å². The second kappa shape index (κ2) is 5.68. The summed E-state index contributed by atoms with van der Waals surface area (Å²) < 4.78 is 27.8. The van der Waals surface area contributed by atoms with Crippen LogP contribution in [0.15, 0.2) is 30.9 Å². The molecule has 1 unspecified atom stereocenters. The zero-order valence-corrected chi connectivity index (χ0v) is 9.63. The first kappa shape index (κ1) is 12.6. The van der Waals surface area contributed by atoms with Gasteiger partial charge in [0.1, 0.15) is 12.7 Å². The highest BCUT2D eigenvalue weighted by Crippen LogP contribution is 2.14. The van der Waals surface area contributed by atoms with Gasteiger partial charge in [-0.2, -0.15) is 5.10 Å². The van der Waals surface area contributed by atoms with Crippen molar-refractivity contribution in [3.05, 3.63) is 48.1 Å². The van der Waals surface area contributed by atoms with Crippen molar-refractivity contribution in [3.8, 4) is 0 Å². The van der Waals surface area contributed by atoms with Crippen LogP contribution in [-0.4, -0.2) is 26.0 Å². The Bertz CT molecular complexity index is 502. The van der Waals surface area contributed by atoms with Gasteiger partial charge in [-0.25, -0.2) is 13.8 Å². The van der Waals surface area contributed by atoms with E-state index in [4.69, 9.17) is 0 Å². The summed E-state index contributed by atoms with van der Waals surface area (Å²) in [4.78, 5) is 3.75. The van der Waals surface area contributed by atoms with E-state index in [-0.39, 0.29) is 18.5 Å². The predicted molar refractivity (Wildman–Crippen MR) is 60.7 cm³/mol. The van der Waals surface area contributed by atoms with E-state index >= 15 is 0 Å². The number of benzene rings is 1. The molecule has 4 nitrogen and oxygen atoms in total. The Kier molecular flexibility index (Phi) is 3.99. The van der Waals surface area contributed by atoms with Gasteiger partial charge in [0.15, 0.2) is 11.6 Å². The fourth-order valence-electron chi connectivity index (χ4n) is 1.70. The van der Waals surface area contributed by atoms with E-state index in [1.54, 1.807) is 0 Å². The lowest BCUT2D eigenvalue weighted by atomic mass is 10.1. The number of nitrogens with zero attached hydrogens (tertiary/aromatic N) is 3. The van der Waals surface area contributed by atoms with Gasteiger partial charge in [-0.1, -0.05) is 12.1 Å². The van der Waals surface area contributed by atoms with Gasteiger partial charge < -0.3 is 5.11 Å². The van der Waals surface area contributed by atoms with E-state index in [0.717, 1.165) is 6.07 Å². The molecule has 1 heterocycles. The Morgan fingerprint density at radius 1 is 1.33 bits per heavy atom. The molecule has 18 heavy (non-hydrogen) atoms. The van der Waals surface area contributed by atoms with Crippen LogP contribution in [0.5, 0.6) is 0 Å². The molecule has 2 rings (SSSR count). The molecule has 0 radical (unpaired) electrons. The van der Waals surface area contributed by atoms with Crippen LogP contribution in [0, 0.1) is 11.6 Å². The van der Waals surface area contributed by atoms with Crippen molar-refractivity contribution in [2.24, 2.45) is 0 Å². The minimum absolute atomic E-state index is 0.271. The van der Waals surface area contributed by atoms with Crippen molar-refractivity contribution in [2.75, 3.05) is 0 Å². The lowest BCUT2D eigenvalue weighted by Crippen LogP contribution is -2.17. The molecule has 0 saturated carbocycles. The van der Waals surface area contributed by atoms with Crippen LogP contribution in [0.25, 0.3) is 0 Å². The largest absolute Gasteiger partial charge is 0.391 e. The highest BCUT2D eigenvalue weighted by Gasteiger charge is 2.11. The minimum Gasteiger partial charge on any atom is -0.391 e. The zero-order chi connectivity index (χ0) is 13.0. The standard InChI is InChI=1S/C12H13F2N3O/c13-11-3-1-2-9(12(11)14)4-5-10(18)6-17-8-15-7-16-17/h1-3,7-8,10,18H,4-6H2. The number of aromatic nitrogens is 3. The molecule has 1 aromatic carbocycles. The molecule has 0 saturated heterocycles. The number of halogens is 2. The fraction of sp³-hybridized carbons (Fsp3) is 0.333. The molecule has 2 aromatic rings. The Balaban J connectivity index is 1.89. The van der Waals surface area contributed by atoms with Gasteiger partial charge in [-0.3, -0.25) is 4.68 Å². The van der Waals surface area contributed by atoms with Crippen molar-refractivity contribution < 1.29 is 13.9 Å². The summed E-state index contributed by atoms with van der Waals surface area (Å²) in [6.45, 7) is 0.289. The average Bonchev–Trinajstić information content (AvgIpc) is 2.84. The van der Waals surface area contributed by atoms with Crippen LogP contribution in [0.4, 0.5) is 8.78 Å². The highest BCUT2D eigenvalue weighted by atomic mass is 19.2. The number of aryl methyl sites for hydroxylation is 1. The summed E-state index contributed by atoms with van der Waals surface area (Å²) in [6, 6.07) is 4.04. The van der Waals surface area contributed by atoms with Gasteiger partial charge in [0.2, 0.25) is 0 Å². The number of rotatable bonds is 5. The molecule has 0 fully saturated rings. The van der Waals surface area contributed by atoms with E-state index in [0.29, 0.717) is 6.42 Å². The molecule has 0 amide bonds. The summed E-state index contributed by atoms with van der Waals surface area (Å²) in [7, 11) is 0. The van der Waals surface area contributed by atoms with Crippen molar-refractivity contribution >= 4 is 0 Å². The minimum atomic E-state index is -0.863. The Labute approximate surface area is 103 Å². The maximum atomic E-state index is 13.3. The maximum Gasteiger partial charge on any atom is 0.162 e. The number of aliphatic hydroxyl groups is 1. The monoisotopic (exact) mass is 253 g/mol. The van der Waals surface area contributed by atoms with E-state index < -0.39 is 17.7 Å². The van der Waals surface area contributed by atoms with E-state index in [1.807, 2.05) is 0 Å². The zero-order valence-electron chi connectivity index (χ0n) is 9.63. The summed E-state index contributed by atoms with van der Waals surface area (Å²) in [5.74, 6) is -1.70. The molecule has 0 aliphatic carbocycles. The van der Waals surface area contributed by atoms with Gasteiger partial charge in [-0.15, -0.1) is 0 Å². The van der Waals surface area contributed by atoms with Crippen molar-refractivity contribution in [1.29, 1.82) is 0 Å². The average molecular weight is 253 g/mol. The Morgan fingerprint density at radius 2 is 2.17 bits per heavy atom. The highest BCUT2D eigenvalue weighted by molar-refractivity contribution is 5.19. The molecule has 0 aliphatic heterocycles. The van der Waals surface area contributed by atoms with Gasteiger partial charge in [-0.05, 0) is 24.5 Å². The first-order valence-corrected chi connectivity index (χ1v) is 5.60. The summed E-state index contributed by atoms with van der Waals surface area (Å²) in [6.07, 6.45) is 2.80. The molecule has 0 bridgehead atoms. The third-order valence-corrected chi connectivity index (χ3v) is 2.64. The molecule has 0 spiro atoms. The SMILES string of the molecule is OC(CCc1cccc(F)c1F)Cn1cncn1. The molecule has 0 aliphatic rings. The second-order valence-electron chi connectivity index (χ2n) is 4.02. The predicted octanol–water partition coefficient (Wildman–Crippen LogP) is 1.55. The summed E-state index contributed by atoms with van der Waals surface area (Å²) in [5.41, 5.74) is 0.271. The Hall–Kier alpha value is -1.82. The van der Waals surface area contributed by atoms with Crippen LogP contribution in [0.1, 0.15) is 12.0 Å². The van der Waals surface area contributed by atoms with E-state index in [1.165, 1.54) is 29.5 Å². The van der Waals surface area contributed by atoms with Crippen molar-refractivity contribution in [2.45, 2.75) is 25.5 Å². The fourth-order valence-corrected chi connectivity index (χ4v) is 1.70. The topological polar surface area (TPSA) is 50.9 Å².